The first kappa shape index (κ1) is 22.4. The van der Waals surface area contributed by atoms with E-state index in [-0.39, 0.29) is 11.8 Å². The molecule has 33 heavy (non-hydrogen) atoms. The van der Waals surface area contributed by atoms with Gasteiger partial charge in [-0.3, -0.25) is 19.9 Å². The maximum absolute atomic E-state index is 13.0. The Bertz CT molecular complexity index is 1240. The van der Waals surface area contributed by atoms with Gasteiger partial charge in [0.15, 0.2) is 5.13 Å². The van der Waals surface area contributed by atoms with Crippen molar-refractivity contribution in [3.8, 4) is 11.3 Å². The van der Waals surface area contributed by atoms with Crippen molar-refractivity contribution in [1.82, 2.24) is 15.3 Å². The van der Waals surface area contributed by atoms with Gasteiger partial charge in [0.2, 0.25) is 0 Å². The monoisotopic (exact) mass is 456 g/mol. The average Bonchev–Trinajstić information content (AvgIpc) is 3.22. The number of anilines is 1. The van der Waals surface area contributed by atoms with Crippen LogP contribution in [0, 0.1) is 0 Å². The van der Waals surface area contributed by atoms with Crippen molar-refractivity contribution in [2.24, 2.45) is 0 Å². The number of hydrogen-bond donors (Lipinski definition) is 2. The van der Waals surface area contributed by atoms with Crippen LogP contribution in [0.1, 0.15) is 34.6 Å². The summed E-state index contributed by atoms with van der Waals surface area (Å²) in [4.78, 5) is 35.3. The van der Waals surface area contributed by atoms with Crippen LogP contribution < -0.4 is 10.6 Å². The summed E-state index contributed by atoms with van der Waals surface area (Å²) in [6.45, 7) is 3.32. The molecule has 7 heteroatoms. The number of nitrogens with zero attached hydrogens (tertiary/aromatic N) is 2. The van der Waals surface area contributed by atoms with Crippen LogP contribution in [0.25, 0.3) is 11.3 Å². The molecule has 0 aliphatic heterocycles. The fourth-order valence-electron chi connectivity index (χ4n) is 3.29. The Kier molecular flexibility index (Phi) is 6.60. The van der Waals surface area contributed by atoms with Crippen LogP contribution in [0.15, 0.2) is 85.2 Å². The number of nitrogens with one attached hydrogen (secondary N) is 2. The number of rotatable bonds is 7. The van der Waals surface area contributed by atoms with Gasteiger partial charge in [0.1, 0.15) is 5.54 Å². The van der Waals surface area contributed by atoms with E-state index >= 15 is 0 Å². The topological polar surface area (TPSA) is 84.0 Å². The van der Waals surface area contributed by atoms with Gasteiger partial charge < -0.3 is 5.32 Å². The van der Waals surface area contributed by atoms with E-state index in [2.05, 4.69) is 27.8 Å². The van der Waals surface area contributed by atoms with Gasteiger partial charge in [0.25, 0.3) is 11.8 Å². The second-order valence-corrected chi connectivity index (χ2v) is 9.18. The molecule has 0 fully saturated rings. The van der Waals surface area contributed by atoms with E-state index in [1.807, 2.05) is 48.5 Å². The molecule has 2 aromatic carbocycles. The predicted molar refractivity (Wildman–Crippen MR) is 131 cm³/mol. The summed E-state index contributed by atoms with van der Waals surface area (Å²) in [5.41, 5.74) is 2.25. The third-order valence-corrected chi connectivity index (χ3v) is 6.06. The SMILES string of the molecule is CC(C)(NC(=O)c1cccnc1)C(=O)Nc1nc(-c2ccccc2)c(Cc2ccccc2)s1. The maximum Gasteiger partial charge on any atom is 0.253 e. The minimum atomic E-state index is -1.15. The fourth-order valence-corrected chi connectivity index (χ4v) is 4.30. The lowest BCUT2D eigenvalue weighted by Gasteiger charge is -2.24. The van der Waals surface area contributed by atoms with Crippen LogP contribution in [-0.2, 0) is 11.2 Å². The molecule has 0 aliphatic rings. The van der Waals surface area contributed by atoms with E-state index in [0.717, 1.165) is 16.1 Å². The molecule has 6 nitrogen and oxygen atoms in total. The summed E-state index contributed by atoms with van der Waals surface area (Å²) >= 11 is 1.44. The van der Waals surface area contributed by atoms with Gasteiger partial charge in [0.05, 0.1) is 11.3 Å². The lowest BCUT2D eigenvalue weighted by atomic mass is 10.0. The Balaban J connectivity index is 1.55. The zero-order valence-corrected chi connectivity index (χ0v) is 19.2. The number of hydrogen-bond acceptors (Lipinski definition) is 5. The molecule has 0 aliphatic carbocycles. The fraction of sp³-hybridized carbons (Fsp3) is 0.154. The predicted octanol–water partition coefficient (Wildman–Crippen LogP) is 4.94. The molecule has 0 spiro atoms. The molecule has 0 saturated carbocycles. The molecule has 0 bridgehead atoms. The van der Waals surface area contributed by atoms with Crippen molar-refractivity contribution in [2.45, 2.75) is 25.8 Å². The quantitative estimate of drug-likeness (QED) is 0.412. The van der Waals surface area contributed by atoms with E-state index in [9.17, 15) is 9.59 Å². The van der Waals surface area contributed by atoms with Crippen molar-refractivity contribution in [2.75, 3.05) is 5.32 Å². The first-order chi connectivity index (χ1) is 15.9. The molecule has 2 N–H and O–H groups in total. The van der Waals surface area contributed by atoms with Crippen LogP contribution >= 0.6 is 11.3 Å². The molecule has 0 unspecified atom stereocenters. The molecule has 0 saturated heterocycles. The highest BCUT2D eigenvalue weighted by atomic mass is 32.1. The van der Waals surface area contributed by atoms with Crippen LogP contribution in [0.2, 0.25) is 0 Å². The standard InChI is InChI=1S/C26H24N4O2S/c1-26(2,30-23(31)20-14-9-15-27-17-20)24(32)29-25-28-22(19-12-7-4-8-13-19)21(33-25)16-18-10-5-3-6-11-18/h3-15,17H,16H2,1-2H3,(H,30,31)(H,28,29,32). The van der Waals surface area contributed by atoms with E-state index in [1.54, 1.807) is 32.2 Å². The summed E-state index contributed by atoms with van der Waals surface area (Å²) in [5.74, 6) is -0.712. The van der Waals surface area contributed by atoms with E-state index in [1.165, 1.54) is 23.1 Å². The summed E-state index contributed by atoms with van der Waals surface area (Å²) < 4.78 is 0. The van der Waals surface area contributed by atoms with Gasteiger partial charge in [-0.25, -0.2) is 4.98 Å². The highest BCUT2D eigenvalue weighted by molar-refractivity contribution is 7.16. The number of carbonyl (C=O) groups is 2. The van der Waals surface area contributed by atoms with Crippen molar-refractivity contribution >= 4 is 28.3 Å². The Hall–Kier alpha value is -3.84. The summed E-state index contributed by atoms with van der Waals surface area (Å²) in [6.07, 6.45) is 3.76. The molecule has 2 amide bonds. The van der Waals surface area contributed by atoms with E-state index in [0.29, 0.717) is 17.1 Å². The van der Waals surface area contributed by atoms with Crippen molar-refractivity contribution in [1.29, 1.82) is 0 Å². The lowest BCUT2D eigenvalue weighted by Crippen LogP contribution is -2.52. The highest BCUT2D eigenvalue weighted by Gasteiger charge is 2.31. The molecular formula is C26H24N4O2S. The van der Waals surface area contributed by atoms with Crippen LogP contribution in [0.4, 0.5) is 5.13 Å². The van der Waals surface area contributed by atoms with E-state index in [4.69, 9.17) is 4.98 Å². The molecule has 4 rings (SSSR count). The molecular weight excluding hydrogens is 432 g/mol. The van der Waals surface area contributed by atoms with Crippen molar-refractivity contribution < 1.29 is 9.59 Å². The minimum absolute atomic E-state index is 0.348. The zero-order valence-electron chi connectivity index (χ0n) is 18.4. The Morgan fingerprint density at radius 3 is 2.30 bits per heavy atom. The second kappa shape index (κ2) is 9.75. The number of benzene rings is 2. The lowest BCUT2D eigenvalue weighted by molar-refractivity contribution is -0.120. The maximum atomic E-state index is 13.0. The van der Waals surface area contributed by atoms with Gasteiger partial charge >= 0.3 is 0 Å². The molecule has 0 radical (unpaired) electrons. The average molecular weight is 457 g/mol. The van der Waals surface area contributed by atoms with Gasteiger partial charge in [-0.1, -0.05) is 60.7 Å². The Morgan fingerprint density at radius 1 is 0.939 bits per heavy atom. The molecule has 166 valence electrons. The summed E-state index contributed by atoms with van der Waals surface area (Å²) in [7, 11) is 0. The van der Waals surface area contributed by atoms with Gasteiger partial charge in [-0.05, 0) is 31.5 Å². The number of pyridine rings is 1. The van der Waals surface area contributed by atoms with Crippen LogP contribution in [-0.4, -0.2) is 27.3 Å². The third-order valence-electron chi connectivity index (χ3n) is 5.09. The van der Waals surface area contributed by atoms with Gasteiger partial charge in [-0.15, -0.1) is 11.3 Å². The minimum Gasteiger partial charge on any atom is -0.338 e. The normalized spacial score (nSPS) is 11.1. The Labute approximate surface area is 196 Å². The van der Waals surface area contributed by atoms with Crippen LogP contribution in [0.5, 0.6) is 0 Å². The molecule has 2 heterocycles. The molecule has 2 aromatic heterocycles. The zero-order chi connectivity index (χ0) is 23.3. The Morgan fingerprint density at radius 2 is 1.64 bits per heavy atom. The summed E-state index contributed by atoms with van der Waals surface area (Å²) in [6, 6.07) is 23.4. The highest BCUT2D eigenvalue weighted by Crippen LogP contribution is 2.33. The van der Waals surface area contributed by atoms with Gasteiger partial charge in [0, 0.05) is 29.3 Å². The first-order valence-electron chi connectivity index (χ1n) is 10.6. The van der Waals surface area contributed by atoms with Crippen LogP contribution in [0.3, 0.4) is 0 Å². The summed E-state index contributed by atoms with van der Waals surface area (Å²) in [5, 5.41) is 6.16. The number of amides is 2. The third kappa shape index (κ3) is 5.51. The largest absolute Gasteiger partial charge is 0.338 e. The van der Waals surface area contributed by atoms with E-state index < -0.39 is 5.54 Å². The second-order valence-electron chi connectivity index (χ2n) is 8.09. The van der Waals surface area contributed by atoms with Crippen molar-refractivity contribution in [3.63, 3.8) is 0 Å². The number of carbonyl (C=O) groups excluding carboxylic acids is 2. The smallest absolute Gasteiger partial charge is 0.253 e. The first-order valence-corrected chi connectivity index (χ1v) is 11.4. The number of aromatic nitrogens is 2. The number of thiazole rings is 1. The molecule has 4 aromatic rings. The van der Waals surface area contributed by atoms with Crippen molar-refractivity contribution in [3.05, 3.63) is 101 Å². The van der Waals surface area contributed by atoms with Gasteiger partial charge in [-0.2, -0.15) is 0 Å². The molecule has 0 atom stereocenters.